The average Bonchev–Trinajstić information content (AvgIpc) is 2.67. The van der Waals surface area contributed by atoms with Crippen LogP contribution in [0.25, 0.3) is 0 Å². The molecule has 0 aliphatic carbocycles. The van der Waals surface area contributed by atoms with Crippen molar-refractivity contribution in [3.05, 3.63) is 24.2 Å². The molecule has 4 heteroatoms. The first kappa shape index (κ1) is 12.1. The van der Waals surface area contributed by atoms with Crippen LogP contribution in [-0.2, 0) is 11.3 Å². The van der Waals surface area contributed by atoms with E-state index in [1.54, 1.807) is 11.2 Å². The van der Waals surface area contributed by atoms with Crippen LogP contribution < -0.4 is 0 Å². The number of furan rings is 1. The molecule has 0 aliphatic rings. The van der Waals surface area contributed by atoms with Crippen molar-refractivity contribution in [2.45, 2.75) is 20.4 Å². The summed E-state index contributed by atoms with van der Waals surface area (Å²) in [6.45, 7) is 5.33. The second-order valence-electron chi connectivity index (χ2n) is 3.88. The normalized spacial score (nSPS) is 10.7. The van der Waals surface area contributed by atoms with E-state index in [-0.39, 0.29) is 11.8 Å². The van der Waals surface area contributed by atoms with Crippen LogP contribution in [0.4, 0.5) is 0 Å². The highest BCUT2D eigenvalue weighted by Gasteiger charge is 2.15. The van der Waals surface area contributed by atoms with Crippen LogP contribution in [0.15, 0.2) is 22.8 Å². The molecular formula is C11H16ClNO2. The number of rotatable bonds is 5. The molecule has 1 aromatic heterocycles. The van der Waals surface area contributed by atoms with Crippen molar-refractivity contribution in [3.63, 3.8) is 0 Å². The Morgan fingerprint density at radius 3 is 2.80 bits per heavy atom. The van der Waals surface area contributed by atoms with E-state index in [0.29, 0.717) is 19.0 Å². The molecule has 0 unspecified atom stereocenters. The summed E-state index contributed by atoms with van der Waals surface area (Å²) in [5.74, 6) is 1.18. The Labute approximate surface area is 95.0 Å². The van der Waals surface area contributed by atoms with E-state index in [1.807, 2.05) is 12.1 Å². The van der Waals surface area contributed by atoms with E-state index in [1.165, 1.54) is 0 Å². The Bertz CT molecular complexity index is 296. The number of carbonyl (C=O) groups is 1. The number of amides is 1. The molecular weight excluding hydrogens is 214 g/mol. The summed E-state index contributed by atoms with van der Waals surface area (Å²) in [5, 5.41) is 0. The zero-order valence-electron chi connectivity index (χ0n) is 9.07. The van der Waals surface area contributed by atoms with Gasteiger partial charge in [-0.15, -0.1) is 11.6 Å². The van der Waals surface area contributed by atoms with Gasteiger partial charge in [0.2, 0.25) is 5.91 Å². The first-order valence-corrected chi connectivity index (χ1v) is 5.53. The highest BCUT2D eigenvalue weighted by Crippen LogP contribution is 2.08. The van der Waals surface area contributed by atoms with Crippen molar-refractivity contribution in [2.75, 3.05) is 12.4 Å². The highest BCUT2D eigenvalue weighted by atomic mass is 35.5. The predicted molar refractivity (Wildman–Crippen MR) is 59.7 cm³/mol. The van der Waals surface area contributed by atoms with Crippen molar-refractivity contribution < 1.29 is 9.21 Å². The van der Waals surface area contributed by atoms with Gasteiger partial charge in [0.25, 0.3) is 0 Å². The van der Waals surface area contributed by atoms with Crippen LogP contribution in [-0.4, -0.2) is 23.2 Å². The first-order chi connectivity index (χ1) is 7.13. The van der Waals surface area contributed by atoms with Gasteiger partial charge in [0, 0.05) is 6.54 Å². The maximum Gasteiger partial charge on any atom is 0.237 e. The fourth-order valence-corrected chi connectivity index (χ4v) is 1.54. The molecule has 0 aromatic carbocycles. The SMILES string of the molecule is CC(C)CN(Cc1ccco1)C(=O)CCl. The average molecular weight is 230 g/mol. The maximum atomic E-state index is 11.5. The number of carbonyl (C=O) groups excluding carboxylic acids is 1. The van der Waals surface area contributed by atoms with Gasteiger partial charge in [0.15, 0.2) is 0 Å². The summed E-state index contributed by atoms with van der Waals surface area (Å²) in [7, 11) is 0. The van der Waals surface area contributed by atoms with E-state index in [0.717, 1.165) is 5.76 Å². The van der Waals surface area contributed by atoms with E-state index in [2.05, 4.69) is 13.8 Å². The number of hydrogen-bond donors (Lipinski definition) is 0. The molecule has 0 fully saturated rings. The minimum atomic E-state index is -0.0539. The van der Waals surface area contributed by atoms with Crippen LogP contribution in [0.3, 0.4) is 0 Å². The molecule has 1 heterocycles. The van der Waals surface area contributed by atoms with Gasteiger partial charge in [-0.2, -0.15) is 0 Å². The third-order valence-corrected chi connectivity index (χ3v) is 2.21. The first-order valence-electron chi connectivity index (χ1n) is 4.99. The monoisotopic (exact) mass is 229 g/mol. The van der Waals surface area contributed by atoms with Crippen LogP contribution in [0.1, 0.15) is 19.6 Å². The topological polar surface area (TPSA) is 33.5 Å². The van der Waals surface area contributed by atoms with Gasteiger partial charge in [-0.1, -0.05) is 13.8 Å². The summed E-state index contributed by atoms with van der Waals surface area (Å²) < 4.78 is 5.20. The van der Waals surface area contributed by atoms with Crippen molar-refractivity contribution in [1.82, 2.24) is 4.90 Å². The van der Waals surface area contributed by atoms with E-state index in [9.17, 15) is 4.79 Å². The maximum absolute atomic E-state index is 11.5. The molecule has 3 nitrogen and oxygen atoms in total. The Morgan fingerprint density at radius 2 is 2.33 bits per heavy atom. The Kier molecular flexibility index (Phi) is 4.69. The Morgan fingerprint density at radius 1 is 1.60 bits per heavy atom. The van der Waals surface area contributed by atoms with Crippen molar-refractivity contribution >= 4 is 17.5 Å². The van der Waals surface area contributed by atoms with Crippen LogP contribution >= 0.6 is 11.6 Å². The smallest absolute Gasteiger partial charge is 0.237 e. The Balaban J connectivity index is 2.60. The minimum absolute atomic E-state index is 0.0213. The molecule has 15 heavy (non-hydrogen) atoms. The summed E-state index contributed by atoms with van der Waals surface area (Å²) >= 11 is 5.55. The molecule has 0 N–H and O–H groups in total. The summed E-state index contributed by atoms with van der Waals surface area (Å²) in [6, 6.07) is 3.67. The zero-order chi connectivity index (χ0) is 11.3. The van der Waals surface area contributed by atoms with E-state index in [4.69, 9.17) is 16.0 Å². The molecule has 1 aromatic rings. The van der Waals surface area contributed by atoms with E-state index >= 15 is 0 Å². The molecule has 0 saturated carbocycles. The Hall–Kier alpha value is -0.960. The van der Waals surface area contributed by atoms with Gasteiger partial charge in [0.05, 0.1) is 12.8 Å². The van der Waals surface area contributed by atoms with Crippen molar-refractivity contribution in [3.8, 4) is 0 Å². The lowest BCUT2D eigenvalue weighted by molar-refractivity contribution is -0.129. The van der Waals surface area contributed by atoms with Crippen LogP contribution in [0, 0.1) is 5.92 Å². The van der Waals surface area contributed by atoms with Gasteiger partial charge in [-0.05, 0) is 18.1 Å². The molecule has 1 rings (SSSR count). The zero-order valence-corrected chi connectivity index (χ0v) is 9.83. The molecule has 84 valence electrons. The molecule has 0 radical (unpaired) electrons. The second kappa shape index (κ2) is 5.81. The molecule has 0 spiro atoms. The fraction of sp³-hybridized carbons (Fsp3) is 0.545. The van der Waals surface area contributed by atoms with Crippen molar-refractivity contribution in [2.24, 2.45) is 5.92 Å². The lowest BCUT2D eigenvalue weighted by Gasteiger charge is -2.22. The lowest BCUT2D eigenvalue weighted by atomic mass is 10.2. The van der Waals surface area contributed by atoms with Gasteiger partial charge in [-0.3, -0.25) is 4.79 Å². The van der Waals surface area contributed by atoms with Gasteiger partial charge in [-0.25, -0.2) is 0 Å². The fourth-order valence-electron chi connectivity index (χ4n) is 1.37. The predicted octanol–water partition coefficient (Wildman–Crippen LogP) is 2.50. The third-order valence-electron chi connectivity index (χ3n) is 1.98. The van der Waals surface area contributed by atoms with Gasteiger partial charge in [0.1, 0.15) is 11.6 Å². The molecule has 0 bridgehead atoms. The quantitative estimate of drug-likeness (QED) is 0.727. The number of hydrogen-bond acceptors (Lipinski definition) is 2. The summed E-state index contributed by atoms with van der Waals surface area (Å²) in [4.78, 5) is 13.2. The largest absolute Gasteiger partial charge is 0.467 e. The summed E-state index contributed by atoms with van der Waals surface area (Å²) in [6.07, 6.45) is 1.61. The minimum Gasteiger partial charge on any atom is -0.467 e. The van der Waals surface area contributed by atoms with Gasteiger partial charge >= 0.3 is 0 Å². The van der Waals surface area contributed by atoms with Gasteiger partial charge < -0.3 is 9.32 Å². The molecule has 0 aliphatic heterocycles. The van der Waals surface area contributed by atoms with E-state index < -0.39 is 0 Å². The molecule has 0 saturated heterocycles. The lowest BCUT2D eigenvalue weighted by Crippen LogP contribution is -2.34. The number of nitrogens with zero attached hydrogens (tertiary/aromatic N) is 1. The third kappa shape index (κ3) is 3.96. The standard InChI is InChI=1S/C11H16ClNO2/c1-9(2)7-13(11(14)6-12)8-10-4-3-5-15-10/h3-5,9H,6-8H2,1-2H3. The van der Waals surface area contributed by atoms with Crippen LogP contribution in [0.2, 0.25) is 0 Å². The number of halogens is 1. The highest BCUT2D eigenvalue weighted by molar-refractivity contribution is 6.27. The molecule has 0 atom stereocenters. The summed E-state index contributed by atoms with van der Waals surface area (Å²) in [5.41, 5.74) is 0. The second-order valence-corrected chi connectivity index (χ2v) is 4.15. The molecule has 1 amide bonds. The number of alkyl halides is 1. The van der Waals surface area contributed by atoms with Crippen molar-refractivity contribution in [1.29, 1.82) is 0 Å². The van der Waals surface area contributed by atoms with Crippen LogP contribution in [0.5, 0.6) is 0 Å².